The van der Waals surface area contributed by atoms with Crippen molar-refractivity contribution in [2.45, 2.75) is 31.3 Å². The van der Waals surface area contributed by atoms with Crippen LogP contribution in [0.25, 0.3) is 0 Å². The van der Waals surface area contributed by atoms with Crippen molar-refractivity contribution >= 4 is 23.8 Å². The molecule has 1 aliphatic heterocycles. The molecule has 2 atom stereocenters. The highest BCUT2D eigenvalue weighted by molar-refractivity contribution is 5.97. The van der Waals surface area contributed by atoms with Gasteiger partial charge in [-0.25, -0.2) is 4.79 Å². The molecule has 10 heteroatoms. The summed E-state index contributed by atoms with van der Waals surface area (Å²) in [5.41, 5.74) is 0.454. The summed E-state index contributed by atoms with van der Waals surface area (Å²) in [6.07, 6.45) is 4.33. The van der Waals surface area contributed by atoms with Gasteiger partial charge in [0.25, 0.3) is 5.91 Å². The Morgan fingerprint density at radius 3 is 2.70 bits per heavy atom. The van der Waals surface area contributed by atoms with Crippen LogP contribution in [-0.2, 0) is 21.4 Å². The Labute approximate surface area is 175 Å². The van der Waals surface area contributed by atoms with Gasteiger partial charge in [-0.15, -0.1) is 6.58 Å². The Bertz CT molecular complexity index is 790. The maximum atomic E-state index is 13.0. The molecule has 1 fully saturated rings. The number of carbonyl (C=O) groups excluding carboxylic acids is 4. The van der Waals surface area contributed by atoms with Crippen molar-refractivity contribution < 1.29 is 23.9 Å². The molecule has 0 aliphatic carbocycles. The van der Waals surface area contributed by atoms with E-state index < -0.39 is 18.1 Å². The molecule has 2 heterocycles. The van der Waals surface area contributed by atoms with Gasteiger partial charge in [0.05, 0.1) is 13.2 Å². The maximum absolute atomic E-state index is 13.0. The number of nitrogens with one attached hydrogen (secondary N) is 3. The number of amides is 4. The van der Waals surface area contributed by atoms with E-state index in [1.807, 2.05) is 0 Å². The fourth-order valence-corrected chi connectivity index (χ4v) is 3.36. The predicted molar refractivity (Wildman–Crippen MR) is 110 cm³/mol. The molecular weight excluding hydrogens is 390 g/mol. The second-order valence-corrected chi connectivity index (χ2v) is 6.96. The minimum atomic E-state index is -0.861. The van der Waals surface area contributed by atoms with Crippen LogP contribution in [0.1, 0.15) is 29.8 Å². The molecule has 2 rings (SSSR count). The Morgan fingerprint density at radius 2 is 2.07 bits per heavy atom. The summed E-state index contributed by atoms with van der Waals surface area (Å²) in [4.78, 5) is 50.7. The number of methoxy groups -OCH3 is 1. The fourth-order valence-electron chi connectivity index (χ4n) is 3.36. The Kier molecular flexibility index (Phi) is 8.45. The van der Waals surface area contributed by atoms with E-state index in [1.165, 1.54) is 12.0 Å². The molecule has 4 amide bonds. The zero-order chi connectivity index (χ0) is 22.1. The van der Waals surface area contributed by atoms with Crippen molar-refractivity contribution in [1.29, 1.82) is 0 Å². The summed E-state index contributed by atoms with van der Waals surface area (Å²) in [5.74, 6) is -1.02. The molecule has 10 nitrogen and oxygen atoms in total. The molecule has 1 saturated heterocycles. The average Bonchev–Trinajstić information content (AvgIpc) is 3.34. The first-order valence-corrected chi connectivity index (χ1v) is 9.81. The maximum Gasteiger partial charge on any atom is 0.315 e. The SMILES string of the molecule is C=CCNC(=O)NC1CCN(C(=O)c2cccn2C)C1C(=O)NCCCC(=O)OC. The fraction of sp³-hybridized carbons (Fsp3) is 0.500. The summed E-state index contributed by atoms with van der Waals surface area (Å²) in [6.45, 7) is 4.42. The number of aromatic nitrogens is 1. The van der Waals surface area contributed by atoms with Crippen LogP contribution in [0.3, 0.4) is 0 Å². The third-order valence-corrected chi connectivity index (χ3v) is 4.90. The van der Waals surface area contributed by atoms with Crippen LogP contribution in [0.15, 0.2) is 31.0 Å². The predicted octanol–water partition coefficient (Wildman–Crippen LogP) is 0.163. The van der Waals surface area contributed by atoms with Crippen LogP contribution in [-0.4, -0.2) is 72.1 Å². The second kappa shape index (κ2) is 11.0. The molecule has 0 aromatic carbocycles. The van der Waals surface area contributed by atoms with Crippen LogP contribution in [0.4, 0.5) is 4.79 Å². The Hall–Kier alpha value is -3.30. The van der Waals surface area contributed by atoms with Gasteiger partial charge in [0.1, 0.15) is 11.7 Å². The quantitative estimate of drug-likeness (QED) is 0.299. The monoisotopic (exact) mass is 419 g/mol. The van der Waals surface area contributed by atoms with E-state index in [2.05, 4.69) is 27.3 Å². The van der Waals surface area contributed by atoms with Crippen LogP contribution >= 0.6 is 0 Å². The molecule has 1 aromatic heterocycles. The van der Waals surface area contributed by atoms with E-state index in [9.17, 15) is 19.2 Å². The highest BCUT2D eigenvalue weighted by atomic mass is 16.5. The number of rotatable bonds is 9. The topological polar surface area (TPSA) is 122 Å². The molecular formula is C20H29N5O5. The zero-order valence-electron chi connectivity index (χ0n) is 17.3. The van der Waals surface area contributed by atoms with Gasteiger partial charge in [-0.3, -0.25) is 14.4 Å². The van der Waals surface area contributed by atoms with Crippen molar-refractivity contribution in [3.05, 3.63) is 36.7 Å². The average molecular weight is 419 g/mol. The molecule has 2 unspecified atom stereocenters. The first-order chi connectivity index (χ1) is 14.4. The molecule has 0 spiro atoms. The molecule has 3 N–H and O–H groups in total. The van der Waals surface area contributed by atoms with Crippen molar-refractivity contribution in [3.63, 3.8) is 0 Å². The lowest BCUT2D eigenvalue weighted by Gasteiger charge is -2.28. The number of carbonyl (C=O) groups is 4. The number of hydrogen-bond acceptors (Lipinski definition) is 5. The summed E-state index contributed by atoms with van der Waals surface area (Å²) in [6, 6.07) is 1.60. The lowest BCUT2D eigenvalue weighted by Crippen LogP contribution is -2.56. The van der Waals surface area contributed by atoms with E-state index in [4.69, 9.17) is 0 Å². The number of nitrogens with zero attached hydrogens (tertiary/aromatic N) is 2. The van der Waals surface area contributed by atoms with Gasteiger partial charge in [-0.1, -0.05) is 6.08 Å². The van der Waals surface area contributed by atoms with Crippen LogP contribution in [0.5, 0.6) is 0 Å². The van der Waals surface area contributed by atoms with E-state index in [-0.39, 0.29) is 37.3 Å². The lowest BCUT2D eigenvalue weighted by atomic mass is 10.1. The highest BCUT2D eigenvalue weighted by Crippen LogP contribution is 2.21. The van der Waals surface area contributed by atoms with Crippen molar-refractivity contribution in [3.8, 4) is 0 Å². The highest BCUT2D eigenvalue weighted by Gasteiger charge is 2.43. The molecule has 0 bridgehead atoms. The first-order valence-electron chi connectivity index (χ1n) is 9.81. The van der Waals surface area contributed by atoms with Gasteiger partial charge in [-0.05, 0) is 25.0 Å². The number of ether oxygens (including phenoxy) is 1. The van der Waals surface area contributed by atoms with E-state index in [0.717, 1.165) is 0 Å². The van der Waals surface area contributed by atoms with Crippen molar-refractivity contribution in [1.82, 2.24) is 25.4 Å². The molecule has 30 heavy (non-hydrogen) atoms. The molecule has 164 valence electrons. The van der Waals surface area contributed by atoms with Crippen LogP contribution < -0.4 is 16.0 Å². The number of urea groups is 1. The number of esters is 1. The minimum Gasteiger partial charge on any atom is -0.469 e. The van der Waals surface area contributed by atoms with E-state index >= 15 is 0 Å². The van der Waals surface area contributed by atoms with Crippen LogP contribution in [0.2, 0.25) is 0 Å². The number of likely N-dealkylation sites (tertiary alicyclic amines) is 1. The molecule has 1 aromatic rings. The number of aryl methyl sites for hydroxylation is 1. The third kappa shape index (κ3) is 5.85. The van der Waals surface area contributed by atoms with Gasteiger partial charge >= 0.3 is 12.0 Å². The van der Waals surface area contributed by atoms with Gasteiger partial charge < -0.3 is 30.2 Å². The number of hydrogen-bond donors (Lipinski definition) is 3. The third-order valence-electron chi connectivity index (χ3n) is 4.90. The van der Waals surface area contributed by atoms with E-state index in [1.54, 1.807) is 36.0 Å². The van der Waals surface area contributed by atoms with Crippen molar-refractivity contribution in [2.75, 3.05) is 26.7 Å². The minimum absolute atomic E-state index is 0.180. The van der Waals surface area contributed by atoms with Crippen LogP contribution in [0, 0.1) is 0 Å². The summed E-state index contributed by atoms with van der Waals surface area (Å²) < 4.78 is 6.27. The summed E-state index contributed by atoms with van der Waals surface area (Å²) in [5, 5.41) is 8.15. The lowest BCUT2D eigenvalue weighted by molar-refractivity contribution is -0.140. The van der Waals surface area contributed by atoms with Gasteiger partial charge in [0.2, 0.25) is 5.91 Å². The normalized spacial score (nSPS) is 17.9. The zero-order valence-corrected chi connectivity index (χ0v) is 17.3. The largest absolute Gasteiger partial charge is 0.469 e. The smallest absolute Gasteiger partial charge is 0.315 e. The van der Waals surface area contributed by atoms with Gasteiger partial charge in [0.15, 0.2) is 0 Å². The second-order valence-electron chi connectivity index (χ2n) is 6.96. The van der Waals surface area contributed by atoms with E-state index in [0.29, 0.717) is 25.1 Å². The molecule has 1 aliphatic rings. The standard InChI is InChI=1S/C20H29N5O5/c1-4-10-22-20(29)23-14-9-13-25(19(28)15-7-6-12-24(15)2)17(14)18(27)21-11-5-8-16(26)30-3/h4,6-7,12,14,17H,1,5,8-11,13H2,2-3H3,(H,21,27)(H2,22,23,29). The first kappa shape index (κ1) is 23.0. The van der Waals surface area contributed by atoms with Gasteiger partial charge in [0, 0.05) is 39.3 Å². The molecule has 0 saturated carbocycles. The van der Waals surface area contributed by atoms with Gasteiger partial charge in [-0.2, -0.15) is 0 Å². The Balaban J connectivity index is 2.09. The van der Waals surface area contributed by atoms with Crippen molar-refractivity contribution in [2.24, 2.45) is 7.05 Å². The molecule has 0 radical (unpaired) electrons. The Morgan fingerprint density at radius 1 is 1.30 bits per heavy atom. The summed E-state index contributed by atoms with van der Waals surface area (Å²) >= 11 is 0. The summed E-state index contributed by atoms with van der Waals surface area (Å²) in [7, 11) is 3.06.